The van der Waals surface area contributed by atoms with Crippen molar-refractivity contribution in [3.05, 3.63) is 92.8 Å². The summed E-state index contributed by atoms with van der Waals surface area (Å²) in [6, 6.07) is 5.51. The Morgan fingerprint density at radius 2 is 1.69 bits per heavy atom. The van der Waals surface area contributed by atoms with Gasteiger partial charge in [0.15, 0.2) is 11.6 Å². The summed E-state index contributed by atoms with van der Waals surface area (Å²) in [5.41, 5.74) is 6.56. The number of hydrogen-bond donors (Lipinski definition) is 3. The number of benzene rings is 1. The van der Waals surface area contributed by atoms with Crippen molar-refractivity contribution in [3.63, 3.8) is 0 Å². The van der Waals surface area contributed by atoms with Crippen LogP contribution >= 0.6 is 23.2 Å². The summed E-state index contributed by atoms with van der Waals surface area (Å²) in [4.78, 5) is 4.76. The molecule has 3 heterocycles. The average molecular weight is 508 g/mol. The zero-order valence-electron chi connectivity index (χ0n) is 19.5. The molecule has 35 heavy (non-hydrogen) atoms. The van der Waals surface area contributed by atoms with E-state index in [4.69, 9.17) is 33.3 Å². The number of nitrogens with one attached hydrogen (secondary N) is 2. The third-order valence-corrected chi connectivity index (χ3v) is 6.72. The number of aromatic hydroxyl groups is 1. The van der Waals surface area contributed by atoms with Crippen LogP contribution in [0.5, 0.6) is 5.75 Å². The molecular formula is C27H27Cl2N5O. The molecule has 1 aliphatic carbocycles. The molecule has 0 radical (unpaired) electrons. The molecule has 2 aliphatic heterocycles. The lowest BCUT2D eigenvalue weighted by atomic mass is 10.0. The van der Waals surface area contributed by atoms with Crippen molar-refractivity contribution < 1.29 is 5.11 Å². The monoisotopic (exact) mass is 507 g/mol. The number of aliphatic imine (C=N–C) groups is 1. The maximum Gasteiger partial charge on any atom is 0.173 e. The summed E-state index contributed by atoms with van der Waals surface area (Å²) < 4.78 is 1.81. The third-order valence-electron chi connectivity index (χ3n) is 6.29. The molecule has 0 bridgehead atoms. The maximum atomic E-state index is 11.3. The van der Waals surface area contributed by atoms with Crippen molar-refractivity contribution >= 4 is 40.2 Å². The third kappa shape index (κ3) is 5.01. The minimum atomic E-state index is 0.129. The fraction of sp³-hybridized carbons (Fsp3) is 0.259. The van der Waals surface area contributed by atoms with E-state index in [9.17, 15) is 5.11 Å². The van der Waals surface area contributed by atoms with Crippen LogP contribution in [-0.2, 0) is 6.54 Å². The van der Waals surface area contributed by atoms with E-state index in [1.807, 2.05) is 35.9 Å². The molecule has 5 rings (SSSR count). The van der Waals surface area contributed by atoms with Crippen molar-refractivity contribution in [3.8, 4) is 5.75 Å². The van der Waals surface area contributed by atoms with Gasteiger partial charge in [0, 0.05) is 41.8 Å². The van der Waals surface area contributed by atoms with Gasteiger partial charge in [-0.05, 0) is 53.8 Å². The molecule has 0 amide bonds. The Hall–Kier alpha value is -3.06. The lowest BCUT2D eigenvalue weighted by Gasteiger charge is -2.10. The summed E-state index contributed by atoms with van der Waals surface area (Å²) in [6.07, 6.45) is 13.2. The van der Waals surface area contributed by atoms with Gasteiger partial charge in [-0.3, -0.25) is 9.67 Å². The Labute approximate surface area is 215 Å². The standard InChI is InChI=1S/C27H27Cl2N5O/c1-2-34-25(27-31-10-8-19-15-30-16-20(19)9-11-32-27)26(35)24(33-34)18-5-3-4-17(6-7-18)21-12-22(28)14-23(29)13-21/h4-9,12-14,30,35H,2-3,10-11,15-16H2,1H3,(H,31,32)/b19-8-,20-9-. The molecule has 0 atom stereocenters. The second kappa shape index (κ2) is 10.3. The Morgan fingerprint density at radius 3 is 2.46 bits per heavy atom. The van der Waals surface area contributed by atoms with E-state index >= 15 is 0 Å². The van der Waals surface area contributed by atoms with E-state index in [0.717, 1.165) is 29.8 Å². The van der Waals surface area contributed by atoms with E-state index in [0.29, 0.717) is 53.3 Å². The number of aromatic nitrogens is 2. The van der Waals surface area contributed by atoms with Crippen molar-refractivity contribution in [2.75, 3.05) is 26.2 Å². The molecule has 1 fully saturated rings. The second-order valence-electron chi connectivity index (χ2n) is 8.54. The molecule has 1 aromatic carbocycles. The summed E-state index contributed by atoms with van der Waals surface area (Å²) in [6.45, 7) is 5.54. The first-order chi connectivity index (χ1) is 17.0. The number of nitrogens with zero attached hydrogens (tertiary/aromatic N) is 3. The van der Waals surface area contributed by atoms with E-state index in [2.05, 4.69) is 34.9 Å². The Kier molecular flexibility index (Phi) is 6.95. The molecule has 180 valence electrons. The summed E-state index contributed by atoms with van der Waals surface area (Å²) in [5.74, 6) is 0.778. The molecule has 1 saturated heterocycles. The van der Waals surface area contributed by atoms with E-state index in [1.54, 1.807) is 6.07 Å². The van der Waals surface area contributed by atoms with E-state index in [1.165, 1.54) is 11.1 Å². The number of rotatable bonds is 4. The predicted octanol–water partition coefficient (Wildman–Crippen LogP) is 5.15. The molecule has 8 heteroatoms. The SMILES string of the molecule is CCn1nc(C2=CCC=C(c3cc(Cl)cc(Cl)c3)C=C2)c(O)c1C1=NC/C=C2/CNC/C2=C/CN1. The zero-order chi connectivity index (χ0) is 24.4. The van der Waals surface area contributed by atoms with Gasteiger partial charge < -0.3 is 15.7 Å². The van der Waals surface area contributed by atoms with Gasteiger partial charge in [-0.2, -0.15) is 5.10 Å². The highest BCUT2D eigenvalue weighted by molar-refractivity contribution is 6.34. The molecule has 1 aromatic heterocycles. The van der Waals surface area contributed by atoms with Crippen LogP contribution in [-0.4, -0.2) is 46.9 Å². The Bertz CT molecular complexity index is 1320. The lowest BCUT2D eigenvalue weighted by molar-refractivity contribution is 0.470. The number of hydrogen-bond acceptors (Lipinski definition) is 5. The van der Waals surface area contributed by atoms with Gasteiger partial charge in [-0.15, -0.1) is 0 Å². The van der Waals surface area contributed by atoms with Crippen molar-refractivity contribution in [1.29, 1.82) is 0 Å². The first-order valence-electron chi connectivity index (χ1n) is 11.8. The highest BCUT2D eigenvalue weighted by Crippen LogP contribution is 2.33. The van der Waals surface area contributed by atoms with E-state index < -0.39 is 0 Å². The van der Waals surface area contributed by atoms with Gasteiger partial charge in [-0.1, -0.05) is 59.7 Å². The molecular weight excluding hydrogens is 481 g/mol. The van der Waals surface area contributed by atoms with Crippen molar-refractivity contribution in [1.82, 2.24) is 20.4 Å². The Balaban J connectivity index is 1.45. The van der Waals surface area contributed by atoms with Crippen LogP contribution in [0.3, 0.4) is 0 Å². The molecule has 0 unspecified atom stereocenters. The second-order valence-corrected chi connectivity index (χ2v) is 9.41. The van der Waals surface area contributed by atoms with Crippen LogP contribution in [0.2, 0.25) is 10.0 Å². The van der Waals surface area contributed by atoms with Crippen LogP contribution in [0.4, 0.5) is 0 Å². The quantitative estimate of drug-likeness (QED) is 0.534. The van der Waals surface area contributed by atoms with Gasteiger partial charge in [0.05, 0.1) is 6.54 Å². The maximum absolute atomic E-state index is 11.3. The van der Waals surface area contributed by atoms with Crippen molar-refractivity contribution in [2.45, 2.75) is 19.9 Å². The minimum Gasteiger partial charge on any atom is -0.504 e. The summed E-state index contributed by atoms with van der Waals surface area (Å²) >= 11 is 12.4. The molecule has 2 aromatic rings. The van der Waals surface area contributed by atoms with Crippen LogP contribution in [0.25, 0.3) is 11.1 Å². The average Bonchev–Trinajstić information content (AvgIpc) is 3.34. The fourth-order valence-electron chi connectivity index (χ4n) is 4.55. The predicted molar refractivity (Wildman–Crippen MR) is 144 cm³/mol. The number of allylic oxidation sites excluding steroid dienone is 6. The highest BCUT2D eigenvalue weighted by atomic mass is 35.5. The van der Waals surface area contributed by atoms with Crippen LogP contribution in [0, 0.1) is 0 Å². The fourth-order valence-corrected chi connectivity index (χ4v) is 5.07. The summed E-state index contributed by atoms with van der Waals surface area (Å²) in [7, 11) is 0. The molecule has 6 nitrogen and oxygen atoms in total. The largest absolute Gasteiger partial charge is 0.504 e. The normalized spacial score (nSPS) is 21.1. The topological polar surface area (TPSA) is 74.5 Å². The van der Waals surface area contributed by atoms with Crippen LogP contribution in [0.15, 0.2) is 70.8 Å². The molecule has 0 spiro atoms. The first kappa shape index (κ1) is 23.7. The highest BCUT2D eigenvalue weighted by Gasteiger charge is 2.23. The van der Waals surface area contributed by atoms with Crippen molar-refractivity contribution in [2.24, 2.45) is 4.99 Å². The zero-order valence-corrected chi connectivity index (χ0v) is 21.0. The molecule has 3 N–H and O–H groups in total. The Morgan fingerprint density at radius 1 is 0.971 bits per heavy atom. The number of halogens is 2. The van der Waals surface area contributed by atoms with Gasteiger partial charge in [0.1, 0.15) is 11.4 Å². The smallest absolute Gasteiger partial charge is 0.173 e. The van der Waals surface area contributed by atoms with Crippen LogP contribution in [0.1, 0.15) is 30.3 Å². The minimum absolute atomic E-state index is 0.129. The van der Waals surface area contributed by atoms with Gasteiger partial charge in [-0.25, -0.2) is 0 Å². The summed E-state index contributed by atoms with van der Waals surface area (Å²) in [5, 5.41) is 24.0. The molecule has 3 aliphatic rings. The lowest BCUT2D eigenvalue weighted by Crippen LogP contribution is -2.28. The van der Waals surface area contributed by atoms with Crippen LogP contribution < -0.4 is 10.6 Å². The number of fused-ring (bicyclic) bond motifs is 1. The van der Waals surface area contributed by atoms with Gasteiger partial charge in [0.2, 0.25) is 0 Å². The number of amidine groups is 1. The van der Waals surface area contributed by atoms with Gasteiger partial charge in [0.25, 0.3) is 0 Å². The van der Waals surface area contributed by atoms with E-state index in [-0.39, 0.29) is 5.75 Å². The number of aryl methyl sites for hydroxylation is 1. The van der Waals surface area contributed by atoms with Gasteiger partial charge >= 0.3 is 0 Å². The molecule has 0 saturated carbocycles. The first-order valence-corrected chi connectivity index (χ1v) is 12.5.